The highest BCUT2D eigenvalue weighted by molar-refractivity contribution is 5.99. The summed E-state index contributed by atoms with van der Waals surface area (Å²) in [5.74, 6) is 2.42. The van der Waals surface area contributed by atoms with Crippen molar-refractivity contribution in [3.8, 4) is 0 Å². The fraction of sp³-hybridized carbons (Fsp3) is 0.571. The lowest BCUT2D eigenvalue weighted by Gasteiger charge is -2.11. The van der Waals surface area contributed by atoms with Gasteiger partial charge in [-0.2, -0.15) is 0 Å². The highest BCUT2D eigenvalue weighted by atomic mass is 16.6. The van der Waals surface area contributed by atoms with E-state index in [0.717, 1.165) is 18.0 Å². The van der Waals surface area contributed by atoms with Gasteiger partial charge >= 0.3 is 0 Å². The van der Waals surface area contributed by atoms with Gasteiger partial charge in [0.1, 0.15) is 12.0 Å². The summed E-state index contributed by atoms with van der Waals surface area (Å²) in [5, 5.41) is 13.8. The van der Waals surface area contributed by atoms with Gasteiger partial charge in [0.15, 0.2) is 0 Å². The van der Waals surface area contributed by atoms with Crippen LogP contribution < -0.4 is 11.1 Å². The lowest BCUT2D eigenvalue weighted by atomic mass is 10.0. The molecule has 0 spiro atoms. The molecule has 1 heterocycles. The van der Waals surface area contributed by atoms with E-state index in [2.05, 4.69) is 10.3 Å². The molecule has 4 atom stereocenters. The van der Waals surface area contributed by atoms with Crippen LogP contribution in [0.1, 0.15) is 29.6 Å². The van der Waals surface area contributed by atoms with E-state index in [1.165, 1.54) is 25.3 Å². The van der Waals surface area contributed by atoms with E-state index in [1.54, 1.807) is 0 Å². The summed E-state index contributed by atoms with van der Waals surface area (Å²) in [5.41, 5.74) is 5.56. The number of nitrogens with zero attached hydrogens (tertiary/aromatic N) is 2. The first-order valence-corrected chi connectivity index (χ1v) is 7.27. The van der Waals surface area contributed by atoms with E-state index in [-0.39, 0.29) is 29.0 Å². The van der Waals surface area contributed by atoms with Gasteiger partial charge in [-0.05, 0) is 42.9 Å². The third-order valence-corrected chi connectivity index (χ3v) is 5.39. The third kappa shape index (κ3) is 1.80. The Bertz CT molecular complexity index is 631. The number of rotatable bonds is 3. The van der Waals surface area contributed by atoms with Crippen LogP contribution in [0, 0.1) is 33.8 Å². The Labute approximate surface area is 121 Å². The fourth-order valence-electron chi connectivity index (χ4n) is 4.49. The smallest absolute Gasteiger partial charge is 0.288 e. The lowest BCUT2D eigenvalue weighted by Crippen LogP contribution is -2.30. The summed E-state index contributed by atoms with van der Waals surface area (Å²) in [7, 11) is 0. The van der Waals surface area contributed by atoms with Crippen LogP contribution in [0.5, 0.6) is 0 Å². The molecule has 1 aromatic rings. The zero-order valence-electron chi connectivity index (χ0n) is 11.4. The summed E-state index contributed by atoms with van der Waals surface area (Å²) in [6.45, 7) is 0. The molecule has 110 valence electrons. The number of nitro groups is 1. The molecule has 3 aliphatic rings. The second-order valence-electron chi connectivity index (χ2n) is 6.37. The van der Waals surface area contributed by atoms with Crippen LogP contribution in [0.15, 0.2) is 12.3 Å². The zero-order valence-corrected chi connectivity index (χ0v) is 11.4. The van der Waals surface area contributed by atoms with Crippen LogP contribution in [0.4, 0.5) is 11.5 Å². The zero-order chi connectivity index (χ0) is 14.7. The molecule has 1 amide bonds. The number of aromatic nitrogens is 1. The molecule has 4 unspecified atom stereocenters. The van der Waals surface area contributed by atoms with Crippen molar-refractivity contribution in [3.63, 3.8) is 0 Å². The molecule has 4 rings (SSSR count). The summed E-state index contributed by atoms with van der Waals surface area (Å²) >= 11 is 0. The number of carbonyl (C=O) groups is 1. The average Bonchev–Trinajstić information content (AvgIpc) is 2.83. The minimum atomic E-state index is -0.574. The molecule has 2 bridgehead atoms. The Morgan fingerprint density at radius 2 is 2.05 bits per heavy atom. The molecular weight excluding hydrogens is 272 g/mol. The van der Waals surface area contributed by atoms with Gasteiger partial charge in [0.2, 0.25) is 0 Å². The normalized spacial score (nSPS) is 35.3. The molecule has 21 heavy (non-hydrogen) atoms. The highest BCUT2D eigenvalue weighted by Crippen LogP contribution is 2.65. The van der Waals surface area contributed by atoms with Crippen molar-refractivity contribution in [2.24, 2.45) is 23.7 Å². The molecule has 1 aromatic heterocycles. The van der Waals surface area contributed by atoms with E-state index < -0.39 is 4.92 Å². The highest BCUT2D eigenvalue weighted by Gasteiger charge is 2.65. The number of nitrogen functional groups attached to an aromatic ring is 1. The number of fused-ring (bicyclic) bond motifs is 5. The van der Waals surface area contributed by atoms with Crippen LogP contribution >= 0.6 is 0 Å². The van der Waals surface area contributed by atoms with Gasteiger partial charge in [0.25, 0.3) is 11.6 Å². The van der Waals surface area contributed by atoms with Crippen molar-refractivity contribution in [1.82, 2.24) is 10.3 Å². The molecule has 3 saturated carbocycles. The quantitative estimate of drug-likeness (QED) is 0.644. The van der Waals surface area contributed by atoms with Gasteiger partial charge < -0.3 is 11.1 Å². The number of nitrogens with two attached hydrogens (primary N) is 1. The number of hydrogen-bond donors (Lipinski definition) is 2. The van der Waals surface area contributed by atoms with Crippen molar-refractivity contribution in [1.29, 1.82) is 0 Å². The number of anilines is 1. The van der Waals surface area contributed by atoms with Crippen LogP contribution in [0.25, 0.3) is 0 Å². The molecule has 3 aliphatic carbocycles. The summed E-state index contributed by atoms with van der Waals surface area (Å²) in [6, 6.07) is 1.42. The first-order valence-electron chi connectivity index (χ1n) is 7.27. The van der Waals surface area contributed by atoms with E-state index >= 15 is 0 Å². The number of hydrogen-bond acceptors (Lipinski definition) is 5. The molecule has 0 aliphatic heterocycles. The third-order valence-electron chi connectivity index (χ3n) is 5.39. The van der Waals surface area contributed by atoms with E-state index in [4.69, 9.17) is 5.73 Å². The number of pyridine rings is 1. The summed E-state index contributed by atoms with van der Waals surface area (Å²) in [4.78, 5) is 26.2. The maximum atomic E-state index is 12.3. The largest absolute Gasteiger partial charge is 0.383 e. The van der Waals surface area contributed by atoms with Crippen LogP contribution in [-0.4, -0.2) is 21.9 Å². The molecule has 7 nitrogen and oxygen atoms in total. The van der Waals surface area contributed by atoms with Gasteiger partial charge in [-0.15, -0.1) is 0 Å². The van der Waals surface area contributed by atoms with Crippen molar-refractivity contribution in [2.75, 3.05) is 5.73 Å². The second kappa shape index (κ2) is 4.16. The fourth-order valence-corrected chi connectivity index (χ4v) is 4.49. The molecule has 3 N–H and O–H groups in total. The predicted molar refractivity (Wildman–Crippen MR) is 74.4 cm³/mol. The Hall–Kier alpha value is -2.18. The SMILES string of the molecule is Nc1ncc([N+](=O)[O-])cc1C(=O)NC1C2C3CCC(C3)C12. The topological polar surface area (TPSA) is 111 Å². The van der Waals surface area contributed by atoms with E-state index in [0.29, 0.717) is 11.8 Å². The molecule has 0 aromatic carbocycles. The van der Waals surface area contributed by atoms with Crippen molar-refractivity contribution in [3.05, 3.63) is 27.9 Å². The lowest BCUT2D eigenvalue weighted by molar-refractivity contribution is -0.385. The number of nitrogens with one attached hydrogen (secondary N) is 1. The van der Waals surface area contributed by atoms with Crippen LogP contribution in [0.2, 0.25) is 0 Å². The number of amides is 1. The number of carbonyl (C=O) groups excluding carboxylic acids is 1. The minimum absolute atomic E-state index is 0.0341. The molecule has 7 heteroatoms. The van der Waals surface area contributed by atoms with E-state index in [9.17, 15) is 14.9 Å². The van der Waals surface area contributed by atoms with Gasteiger partial charge in [-0.25, -0.2) is 4.98 Å². The maximum absolute atomic E-state index is 12.3. The van der Waals surface area contributed by atoms with Crippen LogP contribution in [0.3, 0.4) is 0 Å². The van der Waals surface area contributed by atoms with Crippen molar-refractivity contribution in [2.45, 2.75) is 25.3 Å². The van der Waals surface area contributed by atoms with Gasteiger partial charge in [-0.3, -0.25) is 14.9 Å². The van der Waals surface area contributed by atoms with Crippen LogP contribution in [-0.2, 0) is 0 Å². The minimum Gasteiger partial charge on any atom is -0.383 e. The molecule has 0 radical (unpaired) electrons. The Kier molecular flexibility index (Phi) is 2.49. The first-order chi connectivity index (χ1) is 10.1. The summed E-state index contributed by atoms with van der Waals surface area (Å²) < 4.78 is 0. The van der Waals surface area contributed by atoms with Gasteiger partial charge in [0.05, 0.1) is 10.5 Å². The predicted octanol–water partition coefficient (Wildman–Crippen LogP) is 1.35. The molecular formula is C14H16N4O3. The standard InChI is InChI=1S/C14H16N4O3/c15-13-9(4-8(5-16-13)18(20)21)14(19)17-12-10-6-1-2-7(3-6)11(10)12/h4-7,10-12H,1-3H2,(H2,15,16)(H,17,19). The maximum Gasteiger partial charge on any atom is 0.288 e. The second-order valence-corrected chi connectivity index (χ2v) is 6.37. The molecule has 3 fully saturated rings. The molecule has 0 saturated heterocycles. The van der Waals surface area contributed by atoms with Crippen molar-refractivity contribution < 1.29 is 9.72 Å². The Morgan fingerprint density at radius 3 is 2.67 bits per heavy atom. The first kappa shape index (κ1) is 12.6. The van der Waals surface area contributed by atoms with Crippen molar-refractivity contribution >= 4 is 17.4 Å². The Balaban J connectivity index is 1.51. The summed E-state index contributed by atoms with van der Waals surface area (Å²) in [6.07, 6.45) is 4.93. The van der Waals surface area contributed by atoms with Gasteiger partial charge in [0, 0.05) is 12.1 Å². The van der Waals surface area contributed by atoms with E-state index in [1.807, 2.05) is 0 Å². The average molecular weight is 288 g/mol. The van der Waals surface area contributed by atoms with Gasteiger partial charge in [-0.1, -0.05) is 0 Å². The monoisotopic (exact) mass is 288 g/mol. The Morgan fingerprint density at radius 1 is 1.38 bits per heavy atom.